The van der Waals surface area contributed by atoms with Gasteiger partial charge in [-0.1, -0.05) is 5.16 Å². The summed E-state index contributed by atoms with van der Waals surface area (Å²) in [4.78, 5) is 12.2. The Morgan fingerprint density at radius 3 is 2.60 bits per heavy atom. The molecule has 1 aromatic heterocycles. The highest BCUT2D eigenvalue weighted by molar-refractivity contribution is 7.89. The predicted molar refractivity (Wildman–Crippen MR) is 106 cm³/mol. The van der Waals surface area contributed by atoms with E-state index in [1.165, 1.54) is 17.3 Å². The van der Waals surface area contributed by atoms with Crippen molar-refractivity contribution in [2.24, 2.45) is 0 Å². The Kier molecular flexibility index (Phi) is 6.28. The number of halogens is 2. The van der Waals surface area contributed by atoms with Crippen molar-refractivity contribution in [2.45, 2.75) is 64.4 Å². The molecule has 0 bridgehead atoms. The third-order valence-corrected chi connectivity index (χ3v) is 7.88. The van der Waals surface area contributed by atoms with Crippen molar-refractivity contribution < 1.29 is 26.5 Å². The molecule has 1 N–H and O–H groups in total. The maximum Gasteiger partial charge on any atom is 0.273 e. The molecule has 2 aromatic rings. The zero-order valence-corrected chi connectivity index (χ0v) is 18.1. The van der Waals surface area contributed by atoms with Gasteiger partial charge < -0.3 is 9.84 Å². The largest absolute Gasteiger partial charge is 0.361 e. The Morgan fingerprint density at radius 2 is 1.97 bits per heavy atom. The number of hydrogen-bond acceptors (Lipinski definition) is 5. The number of rotatable bonds is 5. The van der Waals surface area contributed by atoms with Crippen LogP contribution in [-0.2, 0) is 16.6 Å². The second-order valence-corrected chi connectivity index (χ2v) is 10.1. The van der Waals surface area contributed by atoms with Gasteiger partial charge in [0.15, 0.2) is 5.69 Å². The van der Waals surface area contributed by atoms with E-state index in [1.54, 1.807) is 20.8 Å². The second kappa shape index (κ2) is 8.43. The average Bonchev–Trinajstić information content (AvgIpc) is 3.11. The minimum absolute atomic E-state index is 0.0373. The van der Waals surface area contributed by atoms with E-state index >= 15 is 0 Å². The van der Waals surface area contributed by atoms with Gasteiger partial charge in [0.1, 0.15) is 17.4 Å². The zero-order valence-electron chi connectivity index (χ0n) is 17.3. The fourth-order valence-corrected chi connectivity index (χ4v) is 5.36. The molecule has 3 atom stereocenters. The van der Waals surface area contributed by atoms with Gasteiger partial charge in [-0.15, -0.1) is 0 Å². The highest BCUT2D eigenvalue weighted by Crippen LogP contribution is 2.30. The van der Waals surface area contributed by atoms with E-state index in [9.17, 15) is 22.0 Å². The molecule has 2 heterocycles. The lowest BCUT2D eigenvalue weighted by molar-refractivity contribution is 0.0930. The first-order chi connectivity index (χ1) is 14.0. The topological polar surface area (TPSA) is 92.5 Å². The summed E-state index contributed by atoms with van der Waals surface area (Å²) >= 11 is 0. The number of nitrogens with zero attached hydrogens (tertiary/aromatic N) is 2. The van der Waals surface area contributed by atoms with Crippen LogP contribution in [0, 0.1) is 18.6 Å². The molecule has 1 aliphatic heterocycles. The van der Waals surface area contributed by atoms with Crippen LogP contribution in [0.25, 0.3) is 0 Å². The predicted octanol–water partition coefficient (Wildman–Crippen LogP) is 3.45. The number of aromatic nitrogens is 1. The van der Waals surface area contributed by atoms with Gasteiger partial charge in [-0.05, 0) is 52.7 Å². The number of sulfonamides is 1. The molecule has 164 valence electrons. The van der Waals surface area contributed by atoms with Crippen molar-refractivity contribution >= 4 is 15.9 Å². The number of carbonyl (C=O) groups is 1. The van der Waals surface area contributed by atoms with E-state index < -0.39 is 38.9 Å². The van der Waals surface area contributed by atoms with Crippen LogP contribution in [0.2, 0.25) is 0 Å². The molecule has 1 aromatic carbocycles. The van der Waals surface area contributed by atoms with Gasteiger partial charge in [-0.25, -0.2) is 17.2 Å². The molecule has 1 unspecified atom stereocenters. The third-order valence-electron chi connectivity index (χ3n) is 5.48. The summed E-state index contributed by atoms with van der Waals surface area (Å²) in [5.41, 5.74) is -0.0607. The van der Waals surface area contributed by atoms with E-state index in [4.69, 9.17) is 4.52 Å². The Labute approximate surface area is 174 Å². The second-order valence-electron chi connectivity index (χ2n) is 7.81. The highest BCUT2D eigenvalue weighted by Gasteiger charge is 2.37. The van der Waals surface area contributed by atoms with Crippen molar-refractivity contribution in [3.8, 4) is 0 Å². The van der Waals surface area contributed by atoms with Crippen LogP contribution in [0.4, 0.5) is 8.78 Å². The average molecular weight is 442 g/mol. The van der Waals surface area contributed by atoms with Crippen LogP contribution in [0.3, 0.4) is 0 Å². The van der Waals surface area contributed by atoms with Crippen molar-refractivity contribution in [1.29, 1.82) is 0 Å². The SMILES string of the molecule is Cc1cc(C(=O)NC(C)c2cc(F)c(CN3[C@H](C)CC[C@@H](C)S3(=O)=O)cc2F)no1. The lowest BCUT2D eigenvalue weighted by Crippen LogP contribution is -2.47. The summed E-state index contributed by atoms with van der Waals surface area (Å²) in [6.45, 7) is 6.28. The molecule has 1 saturated heterocycles. The molecule has 0 aliphatic carbocycles. The molecule has 3 rings (SSSR count). The van der Waals surface area contributed by atoms with Crippen LogP contribution in [0.1, 0.15) is 67.0 Å². The number of nitrogens with one attached hydrogen (secondary N) is 1. The molecule has 30 heavy (non-hydrogen) atoms. The summed E-state index contributed by atoms with van der Waals surface area (Å²) < 4.78 is 60.8. The van der Waals surface area contributed by atoms with Crippen molar-refractivity contribution in [2.75, 3.05) is 0 Å². The summed E-state index contributed by atoms with van der Waals surface area (Å²) in [7, 11) is -3.58. The standard InChI is InChI=1S/C20H25F2N3O4S/c1-11-5-6-13(3)30(27,28)25(11)10-15-8-18(22)16(9-17(15)21)14(4)23-20(26)19-7-12(2)29-24-19/h7-9,11,13-14H,5-6,10H2,1-4H3,(H,23,26)/t11-,13-,14?/m1/s1. The Balaban J connectivity index is 1.80. The van der Waals surface area contributed by atoms with E-state index in [0.29, 0.717) is 18.6 Å². The molecule has 0 radical (unpaired) electrons. The lowest BCUT2D eigenvalue weighted by Gasteiger charge is -2.36. The number of carbonyl (C=O) groups excluding carboxylic acids is 1. The molecular formula is C20H25F2N3O4S. The number of aryl methyl sites for hydroxylation is 1. The molecule has 7 nitrogen and oxygen atoms in total. The van der Waals surface area contributed by atoms with Gasteiger partial charge in [0, 0.05) is 29.8 Å². The van der Waals surface area contributed by atoms with Crippen LogP contribution in [-0.4, -0.2) is 35.1 Å². The summed E-state index contributed by atoms with van der Waals surface area (Å²) in [6.07, 6.45) is 1.20. The van der Waals surface area contributed by atoms with E-state index in [1.807, 2.05) is 0 Å². The number of amides is 1. The first-order valence-electron chi connectivity index (χ1n) is 9.73. The van der Waals surface area contributed by atoms with Crippen molar-refractivity contribution in [3.05, 3.63) is 52.4 Å². The summed E-state index contributed by atoms with van der Waals surface area (Å²) in [5.74, 6) is -1.59. The van der Waals surface area contributed by atoms with Crippen molar-refractivity contribution in [3.63, 3.8) is 0 Å². The maximum absolute atomic E-state index is 14.8. The number of hydrogen-bond donors (Lipinski definition) is 1. The van der Waals surface area contributed by atoms with Gasteiger partial charge >= 0.3 is 0 Å². The quantitative estimate of drug-likeness (QED) is 0.767. The fourth-order valence-electron chi connectivity index (χ4n) is 3.54. The van der Waals surface area contributed by atoms with Crippen LogP contribution in [0.15, 0.2) is 22.7 Å². The molecule has 1 aliphatic rings. The minimum atomic E-state index is -3.58. The van der Waals surface area contributed by atoms with Gasteiger partial charge in [0.2, 0.25) is 10.0 Å². The monoisotopic (exact) mass is 441 g/mol. The first-order valence-corrected chi connectivity index (χ1v) is 11.2. The van der Waals surface area contributed by atoms with E-state index in [-0.39, 0.29) is 29.4 Å². The normalized spacial score (nSPS) is 22.6. The minimum Gasteiger partial charge on any atom is -0.361 e. The van der Waals surface area contributed by atoms with Crippen LogP contribution in [0.5, 0.6) is 0 Å². The highest BCUT2D eigenvalue weighted by atomic mass is 32.2. The summed E-state index contributed by atoms with van der Waals surface area (Å²) in [5, 5.41) is 5.58. The maximum atomic E-state index is 14.8. The fraction of sp³-hybridized carbons (Fsp3) is 0.500. The molecule has 10 heteroatoms. The van der Waals surface area contributed by atoms with Crippen LogP contribution < -0.4 is 5.32 Å². The molecule has 0 spiro atoms. The van der Waals surface area contributed by atoms with E-state index in [2.05, 4.69) is 10.5 Å². The Hall–Kier alpha value is -2.33. The molecule has 1 amide bonds. The van der Waals surface area contributed by atoms with Crippen LogP contribution >= 0.6 is 0 Å². The van der Waals surface area contributed by atoms with E-state index in [0.717, 1.165) is 12.1 Å². The number of benzene rings is 1. The first kappa shape index (κ1) is 22.4. The smallest absolute Gasteiger partial charge is 0.273 e. The molecular weight excluding hydrogens is 416 g/mol. The van der Waals surface area contributed by atoms with Gasteiger partial charge in [0.25, 0.3) is 5.91 Å². The summed E-state index contributed by atoms with van der Waals surface area (Å²) in [6, 6.07) is 2.29. The van der Waals surface area contributed by atoms with Gasteiger partial charge in [-0.3, -0.25) is 4.79 Å². The Bertz CT molecular complexity index is 1050. The van der Waals surface area contributed by atoms with Gasteiger partial charge in [0.05, 0.1) is 11.3 Å². The zero-order chi connectivity index (χ0) is 22.2. The lowest BCUT2D eigenvalue weighted by atomic mass is 10.0. The third kappa shape index (κ3) is 4.39. The van der Waals surface area contributed by atoms with Gasteiger partial charge in [-0.2, -0.15) is 4.31 Å². The Morgan fingerprint density at radius 1 is 1.27 bits per heavy atom. The molecule has 1 fully saturated rings. The molecule has 0 saturated carbocycles. The van der Waals surface area contributed by atoms with Crippen molar-refractivity contribution in [1.82, 2.24) is 14.8 Å².